The minimum absolute atomic E-state index is 0.115. The van der Waals surface area contributed by atoms with Gasteiger partial charge in [0.15, 0.2) is 19.7 Å². The third-order valence-corrected chi connectivity index (χ3v) is 9.07. The average Bonchev–Trinajstić information content (AvgIpc) is 2.66. The number of hydrogen-bond acceptors (Lipinski definition) is 7. The maximum Gasteiger partial charge on any atom is 0.351 e. The summed E-state index contributed by atoms with van der Waals surface area (Å²) in [6.45, 7) is 9.85. The first-order valence-electron chi connectivity index (χ1n) is 8.13. The van der Waals surface area contributed by atoms with Gasteiger partial charge >= 0.3 is 11.6 Å². The van der Waals surface area contributed by atoms with Crippen molar-refractivity contribution in [3.63, 3.8) is 0 Å². The number of aromatic nitrogens is 2. The highest BCUT2D eigenvalue weighted by atomic mass is 28.3. The first kappa shape index (κ1) is 21.1. The fraction of sp³-hybridized carbons (Fsp3) is 0.714. The third kappa shape index (κ3) is 3.03. The van der Waals surface area contributed by atoms with Crippen LogP contribution in [0.2, 0.25) is 39.3 Å². The molecule has 0 aromatic carbocycles. The van der Waals surface area contributed by atoms with E-state index in [1.165, 1.54) is 6.07 Å². The van der Waals surface area contributed by atoms with Crippen molar-refractivity contribution in [1.82, 2.24) is 14.3 Å². The Kier molecular flexibility index (Phi) is 5.01. The Hall–Kier alpha value is -1.19. The third-order valence-electron chi connectivity index (χ3n) is 4.59. The second kappa shape index (κ2) is 6.17. The van der Waals surface area contributed by atoms with Gasteiger partial charge in [-0.15, -0.1) is 0 Å². The van der Waals surface area contributed by atoms with E-state index in [0.29, 0.717) is 4.57 Å². The number of anilines is 1. The lowest BCUT2D eigenvalue weighted by Crippen LogP contribution is -2.72. The summed E-state index contributed by atoms with van der Waals surface area (Å²) in [5.41, 5.74) is 4.39. The molecular weight excluding hydrogens is 382 g/mol. The molecule has 1 aliphatic heterocycles. The zero-order valence-electron chi connectivity index (χ0n) is 15.7. The van der Waals surface area contributed by atoms with Crippen LogP contribution < -0.4 is 11.4 Å². The molecule has 0 saturated carbocycles. The SMILES string of the molecule is C[Si](C)(C)N(O)[C@H]1O[C@@H](n2ccc(N)nc2=O)C(F)(F)[C@@]1(O)[Si](C)(C)C. The Balaban J connectivity index is 2.67. The lowest BCUT2D eigenvalue weighted by molar-refractivity contribution is -0.200. The fourth-order valence-corrected chi connectivity index (χ4v) is 6.10. The van der Waals surface area contributed by atoms with Gasteiger partial charge < -0.3 is 20.8 Å². The topological polar surface area (TPSA) is 114 Å². The van der Waals surface area contributed by atoms with Crippen LogP contribution in [0, 0.1) is 0 Å². The number of hydroxylamine groups is 1. The normalized spacial score (nSPS) is 29.3. The molecule has 1 aliphatic rings. The van der Waals surface area contributed by atoms with Crippen LogP contribution in [0.25, 0.3) is 0 Å². The van der Waals surface area contributed by atoms with Crippen LogP contribution in [0.1, 0.15) is 6.23 Å². The molecule has 0 radical (unpaired) electrons. The van der Waals surface area contributed by atoms with E-state index in [-0.39, 0.29) is 5.82 Å². The van der Waals surface area contributed by atoms with E-state index in [1.807, 2.05) is 0 Å². The molecule has 4 N–H and O–H groups in total. The predicted octanol–water partition coefficient (Wildman–Crippen LogP) is 1.45. The minimum Gasteiger partial charge on any atom is -0.383 e. The summed E-state index contributed by atoms with van der Waals surface area (Å²) in [5, 5.41) is 19.1. The van der Waals surface area contributed by atoms with Gasteiger partial charge in [0, 0.05) is 6.20 Å². The molecule has 3 atom stereocenters. The number of nitrogen functional groups attached to an aromatic ring is 1. The Morgan fingerprint density at radius 1 is 1.31 bits per heavy atom. The van der Waals surface area contributed by atoms with Crippen molar-refractivity contribution in [3.05, 3.63) is 22.7 Å². The van der Waals surface area contributed by atoms with E-state index in [0.717, 1.165) is 10.9 Å². The second-order valence-electron chi connectivity index (χ2n) is 8.54. The van der Waals surface area contributed by atoms with Gasteiger partial charge in [-0.25, -0.2) is 4.79 Å². The first-order chi connectivity index (χ1) is 11.5. The number of alkyl halides is 2. The van der Waals surface area contributed by atoms with Crippen LogP contribution in [0.4, 0.5) is 14.6 Å². The monoisotopic (exact) mass is 408 g/mol. The van der Waals surface area contributed by atoms with Crippen molar-refractivity contribution in [2.75, 3.05) is 5.73 Å². The van der Waals surface area contributed by atoms with E-state index in [4.69, 9.17) is 10.5 Å². The summed E-state index contributed by atoms with van der Waals surface area (Å²) in [6, 6.07) is 1.19. The molecule has 1 fully saturated rings. The Bertz CT molecular complexity index is 750. The molecule has 8 nitrogen and oxygen atoms in total. The number of rotatable bonds is 4. The standard InChI is InChI=1S/C14H26F2N4O4Si2/c1-25(2,3)14(22)11(20(23)26(4,5)6)24-10(13(14,15)16)19-8-7-9(17)18-12(19)21/h7-8,10-11,22-23H,1-6H3,(H2,17,18,21)/t10-,11+,14+/m1/s1. The van der Waals surface area contributed by atoms with E-state index in [9.17, 15) is 15.1 Å². The summed E-state index contributed by atoms with van der Waals surface area (Å²) < 4.78 is 37.6. The largest absolute Gasteiger partial charge is 0.383 e. The Labute approximate surface area is 152 Å². The summed E-state index contributed by atoms with van der Waals surface area (Å²) in [5.74, 6) is -3.96. The van der Waals surface area contributed by atoms with Gasteiger partial charge in [0.1, 0.15) is 5.82 Å². The summed E-state index contributed by atoms with van der Waals surface area (Å²) in [7, 11) is -5.59. The molecule has 0 aliphatic carbocycles. The molecular formula is C14H26F2N4O4Si2. The molecule has 0 amide bonds. The molecule has 0 bridgehead atoms. The summed E-state index contributed by atoms with van der Waals surface area (Å²) >= 11 is 0. The predicted molar refractivity (Wildman–Crippen MR) is 97.0 cm³/mol. The van der Waals surface area contributed by atoms with Crippen molar-refractivity contribution >= 4 is 22.1 Å². The van der Waals surface area contributed by atoms with Crippen molar-refractivity contribution < 1.29 is 23.8 Å². The zero-order valence-corrected chi connectivity index (χ0v) is 17.7. The molecule has 1 aromatic heterocycles. The maximum atomic E-state index is 15.4. The maximum absolute atomic E-state index is 15.4. The van der Waals surface area contributed by atoms with Gasteiger partial charge in [-0.3, -0.25) is 4.57 Å². The molecule has 1 saturated heterocycles. The van der Waals surface area contributed by atoms with Gasteiger partial charge in [-0.2, -0.15) is 18.5 Å². The van der Waals surface area contributed by atoms with Crippen molar-refractivity contribution in [3.8, 4) is 0 Å². The highest BCUT2D eigenvalue weighted by molar-refractivity contribution is 6.79. The van der Waals surface area contributed by atoms with Gasteiger partial charge in [0.25, 0.3) is 0 Å². The second-order valence-corrected chi connectivity index (χ2v) is 18.6. The van der Waals surface area contributed by atoms with Crippen LogP contribution in [0.3, 0.4) is 0 Å². The van der Waals surface area contributed by atoms with Crippen LogP contribution >= 0.6 is 0 Å². The van der Waals surface area contributed by atoms with Crippen molar-refractivity contribution in [2.24, 2.45) is 0 Å². The number of hydrogen-bond donors (Lipinski definition) is 3. The highest BCUT2D eigenvalue weighted by Gasteiger charge is 2.76. The smallest absolute Gasteiger partial charge is 0.351 e. The molecule has 148 valence electrons. The molecule has 0 spiro atoms. The molecule has 12 heteroatoms. The number of halogens is 2. The summed E-state index contributed by atoms with van der Waals surface area (Å²) in [6.07, 6.45) is -2.74. The molecule has 0 unspecified atom stereocenters. The Morgan fingerprint density at radius 3 is 2.27 bits per heavy atom. The number of nitrogens with zero attached hydrogens (tertiary/aromatic N) is 3. The lowest BCUT2D eigenvalue weighted by Gasteiger charge is -2.46. The first-order valence-corrected chi connectivity index (χ1v) is 15.1. The number of nitrogens with two attached hydrogens (primary N) is 1. The highest BCUT2D eigenvalue weighted by Crippen LogP contribution is 2.54. The van der Waals surface area contributed by atoms with Crippen LogP contribution in [0.5, 0.6) is 0 Å². The van der Waals surface area contributed by atoms with E-state index in [1.54, 1.807) is 39.3 Å². The number of aliphatic hydroxyl groups is 1. The molecule has 1 aromatic rings. The van der Waals surface area contributed by atoms with Crippen molar-refractivity contribution in [2.45, 2.75) is 62.9 Å². The van der Waals surface area contributed by atoms with Crippen LogP contribution in [0.15, 0.2) is 17.1 Å². The van der Waals surface area contributed by atoms with E-state index in [2.05, 4.69) is 4.98 Å². The van der Waals surface area contributed by atoms with Gasteiger partial charge in [-0.1, -0.05) is 39.3 Å². The van der Waals surface area contributed by atoms with Gasteiger partial charge in [0.05, 0.1) is 8.07 Å². The minimum atomic E-state index is -3.84. The average molecular weight is 409 g/mol. The quantitative estimate of drug-likeness (QED) is 0.510. The van der Waals surface area contributed by atoms with Crippen LogP contribution in [-0.4, -0.2) is 58.3 Å². The van der Waals surface area contributed by atoms with Crippen LogP contribution in [-0.2, 0) is 4.74 Å². The lowest BCUT2D eigenvalue weighted by atomic mass is 10.1. The molecule has 26 heavy (non-hydrogen) atoms. The van der Waals surface area contributed by atoms with E-state index < -0.39 is 45.6 Å². The molecule has 2 rings (SSSR count). The zero-order chi connectivity index (χ0) is 20.3. The fourth-order valence-electron chi connectivity index (χ4n) is 2.96. The molecule has 2 heterocycles. The Morgan fingerprint density at radius 2 is 1.85 bits per heavy atom. The van der Waals surface area contributed by atoms with Gasteiger partial charge in [-0.05, 0) is 6.07 Å². The summed E-state index contributed by atoms with van der Waals surface area (Å²) in [4.78, 5) is 15.5. The van der Waals surface area contributed by atoms with Crippen molar-refractivity contribution in [1.29, 1.82) is 0 Å². The van der Waals surface area contributed by atoms with Gasteiger partial charge in [0.2, 0.25) is 6.23 Å². The number of ether oxygens (including phenoxy) is 1. The van der Waals surface area contributed by atoms with E-state index >= 15 is 8.78 Å².